The normalized spacial score (nSPS) is 18.1. The highest BCUT2D eigenvalue weighted by Gasteiger charge is 2.36. The van der Waals surface area contributed by atoms with Crippen molar-refractivity contribution in [3.63, 3.8) is 0 Å². The maximum Gasteiger partial charge on any atom is 0.265 e. The molecule has 0 aromatic heterocycles. The molecule has 1 aliphatic rings. The van der Waals surface area contributed by atoms with Crippen molar-refractivity contribution in [1.29, 1.82) is 0 Å². The number of carbonyl (C=O) groups excluding carboxylic acids is 1. The van der Waals surface area contributed by atoms with Crippen LogP contribution >= 0.6 is 0 Å². The van der Waals surface area contributed by atoms with Crippen LogP contribution in [-0.2, 0) is 14.6 Å². The summed E-state index contributed by atoms with van der Waals surface area (Å²) in [5, 5.41) is 0. The smallest absolute Gasteiger partial charge is 0.265 e. The van der Waals surface area contributed by atoms with Gasteiger partial charge in [0, 0.05) is 11.8 Å². The summed E-state index contributed by atoms with van der Waals surface area (Å²) < 4.78 is 82.3. The van der Waals surface area contributed by atoms with Gasteiger partial charge in [0.15, 0.2) is 33.8 Å². The van der Waals surface area contributed by atoms with Gasteiger partial charge in [0.2, 0.25) is 11.6 Å². The summed E-state index contributed by atoms with van der Waals surface area (Å²) in [5.41, 5.74) is 0.365. The molecular weight excluding hydrogens is 402 g/mol. The molecular formula is C18H15F4NO4S. The second-order valence-electron chi connectivity index (χ2n) is 6.24. The molecule has 3 rings (SSSR count). The Balaban J connectivity index is 1.85. The maximum absolute atomic E-state index is 13.7. The highest BCUT2D eigenvalue weighted by molar-refractivity contribution is 7.91. The van der Waals surface area contributed by atoms with Crippen molar-refractivity contribution < 1.29 is 35.5 Å². The Kier molecular flexibility index (Phi) is 5.59. The number of ether oxygens (including phenoxy) is 1. The topological polar surface area (TPSA) is 63.7 Å². The van der Waals surface area contributed by atoms with Crippen LogP contribution in [0.25, 0.3) is 0 Å². The van der Waals surface area contributed by atoms with Crippen LogP contribution in [0.15, 0.2) is 36.4 Å². The van der Waals surface area contributed by atoms with E-state index < -0.39 is 57.4 Å². The number of hydrogen-bond donors (Lipinski definition) is 0. The lowest BCUT2D eigenvalue weighted by atomic mass is 10.2. The van der Waals surface area contributed by atoms with E-state index in [9.17, 15) is 30.8 Å². The number of hydrogen-bond acceptors (Lipinski definition) is 4. The fourth-order valence-electron chi connectivity index (χ4n) is 3.01. The Morgan fingerprint density at radius 3 is 2.21 bits per heavy atom. The second-order valence-corrected chi connectivity index (χ2v) is 8.47. The van der Waals surface area contributed by atoms with Crippen molar-refractivity contribution in [2.45, 2.75) is 12.5 Å². The van der Waals surface area contributed by atoms with Gasteiger partial charge in [-0.25, -0.2) is 17.2 Å². The Morgan fingerprint density at radius 1 is 1.07 bits per heavy atom. The van der Waals surface area contributed by atoms with E-state index in [0.717, 1.165) is 4.90 Å². The molecule has 2 aromatic carbocycles. The van der Waals surface area contributed by atoms with Crippen LogP contribution in [0, 0.1) is 23.3 Å². The monoisotopic (exact) mass is 417 g/mol. The zero-order valence-corrected chi connectivity index (χ0v) is 15.2. The number of rotatable bonds is 5. The van der Waals surface area contributed by atoms with E-state index in [4.69, 9.17) is 4.74 Å². The molecule has 1 aliphatic heterocycles. The number of nitrogens with zero attached hydrogens (tertiary/aromatic N) is 1. The summed E-state index contributed by atoms with van der Waals surface area (Å²) in [5.74, 6) is -9.39. The van der Waals surface area contributed by atoms with Crippen LogP contribution in [0.1, 0.15) is 6.42 Å². The molecule has 28 heavy (non-hydrogen) atoms. The largest absolute Gasteiger partial charge is 0.477 e. The van der Waals surface area contributed by atoms with Gasteiger partial charge in [0.1, 0.15) is 0 Å². The van der Waals surface area contributed by atoms with E-state index in [0.29, 0.717) is 5.69 Å². The second kappa shape index (κ2) is 7.78. The molecule has 5 nitrogen and oxygen atoms in total. The van der Waals surface area contributed by atoms with Gasteiger partial charge in [0.25, 0.3) is 5.91 Å². The Labute approximate surface area is 158 Å². The number of benzene rings is 2. The molecule has 1 atom stereocenters. The third-order valence-electron chi connectivity index (χ3n) is 4.29. The fourth-order valence-corrected chi connectivity index (χ4v) is 4.71. The number of amides is 1. The fraction of sp³-hybridized carbons (Fsp3) is 0.278. The summed E-state index contributed by atoms with van der Waals surface area (Å²) in [6.45, 7) is -0.942. The Bertz CT molecular complexity index is 972. The molecule has 1 saturated heterocycles. The molecule has 1 fully saturated rings. The predicted molar refractivity (Wildman–Crippen MR) is 92.8 cm³/mol. The van der Waals surface area contributed by atoms with Gasteiger partial charge in [-0.2, -0.15) is 8.78 Å². The van der Waals surface area contributed by atoms with Crippen molar-refractivity contribution >= 4 is 21.4 Å². The average Bonchev–Trinajstić information content (AvgIpc) is 3.00. The minimum atomic E-state index is -3.33. The molecule has 0 spiro atoms. The van der Waals surface area contributed by atoms with Gasteiger partial charge in [-0.15, -0.1) is 0 Å². The van der Waals surface area contributed by atoms with Crippen molar-refractivity contribution in [2.75, 3.05) is 23.0 Å². The third kappa shape index (κ3) is 4.11. The molecule has 0 radical (unpaired) electrons. The molecule has 1 unspecified atom stereocenters. The number of halogens is 4. The van der Waals surface area contributed by atoms with Crippen molar-refractivity contribution in [3.8, 4) is 5.75 Å². The van der Waals surface area contributed by atoms with E-state index in [2.05, 4.69) is 0 Å². The lowest BCUT2D eigenvalue weighted by Crippen LogP contribution is -2.44. The molecule has 10 heteroatoms. The molecule has 0 saturated carbocycles. The first-order chi connectivity index (χ1) is 13.2. The van der Waals surface area contributed by atoms with Crippen LogP contribution < -0.4 is 9.64 Å². The third-order valence-corrected chi connectivity index (χ3v) is 6.04. The number of anilines is 1. The summed E-state index contributed by atoms with van der Waals surface area (Å²) in [6.07, 6.45) is 0.181. The van der Waals surface area contributed by atoms with Crippen LogP contribution in [0.3, 0.4) is 0 Å². The molecule has 0 N–H and O–H groups in total. The van der Waals surface area contributed by atoms with Gasteiger partial charge in [-0.05, 0) is 18.6 Å². The van der Waals surface area contributed by atoms with Gasteiger partial charge >= 0.3 is 0 Å². The molecule has 2 aromatic rings. The molecule has 150 valence electrons. The van der Waals surface area contributed by atoms with Crippen LogP contribution in [-0.4, -0.2) is 38.5 Å². The number of para-hydroxylation sites is 1. The first-order valence-corrected chi connectivity index (χ1v) is 10.0. The summed E-state index contributed by atoms with van der Waals surface area (Å²) in [7, 11) is -3.33. The standard InChI is InChI=1S/C18H15F4NO4S/c19-13-8-14(20)17(22)18(16(13)21)27-9-15(24)23(11-4-2-1-3-5-11)12-6-7-28(25,26)10-12/h1-5,8,12H,6-7,9-10H2. The van der Waals surface area contributed by atoms with E-state index >= 15 is 0 Å². The number of carbonyl (C=O) groups is 1. The van der Waals surface area contributed by atoms with Crippen LogP contribution in [0.5, 0.6) is 5.75 Å². The quantitative estimate of drug-likeness (QED) is 0.555. The minimum absolute atomic E-state index is 0.0268. The zero-order valence-electron chi connectivity index (χ0n) is 14.4. The Hall–Kier alpha value is -2.62. The van der Waals surface area contributed by atoms with E-state index in [1.807, 2.05) is 0 Å². The van der Waals surface area contributed by atoms with Crippen molar-refractivity contribution in [1.82, 2.24) is 0 Å². The minimum Gasteiger partial charge on any atom is -0.477 e. The lowest BCUT2D eigenvalue weighted by molar-refractivity contribution is -0.121. The lowest BCUT2D eigenvalue weighted by Gasteiger charge is -2.28. The predicted octanol–water partition coefficient (Wildman–Crippen LogP) is 2.84. The Morgan fingerprint density at radius 2 is 1.68 bits per heavy atom. The zero-order chi connectivity index (χ0) is 20.5. The highest BCUT2D eigenvalue weighted by Crippen LogP contribution is 2.28. The van der Waals surface area contributed by atoms with Crippen molar-refractivity contribution in [3.05, 3.63) is 59.7 Å². The van der Waals surface area contributed by atoms with Gasteiger partial charge in [-0.1, -0.05) is 18.2 Å². The average molecular weight is 417 g/mol. The van der Waals surface area contributed by atoms with E-state index in [-0.39, 0.29) is 24.0 Å². The van der Waals surface area contributed by atoms with Gasteiger partial charge in [-0.3, -0.25) is 4.79 Å². The maximum atomic E-state index is 13.7. The first kappa shape index (κ1) is 20.1. The highest BCUT2D eigenvalue weighted by atomic mass is 32.2. The molecule has 1 amide bonds. The molecule has 0 aliphatic carbocycles. The van der Waals surface area contributed by atoms with Crippen LogP contribution in [0.4, 0.5) is 23.2 Å². The van der Waals surface area contributed by atoms with E-state index in [1.54, 1.807) is 30.3 Å². The molecule has 0 bridgehead atoms. The van der Waals surface area contributed by atoms with Crippen LogP contribution in [0.2, 0.25) is 0 Å². The van der Waals surface area contributed by atoms with Gasteiger partial charge in [0.05, 0.1) is 17.5 Å². The van der Waals surface area contributed by atoms with Gasteiger partial charge < -0.3 is 9.64 Å². The first-order valence-electron chi connectivity index (χ1n) is 8.23. The van der Waals surface area contributed by atoms with E-state index in [1.165, 1.54) is 0 Å². The summed E-state index contributed by atoms with van der Waals surface area (Å²) >= 11 is 0. The summed E-state index contributed by atoms with van der Waals surface area (Å²) in [6, 6.07) is 7.40. The number of sulfone groups is 1. The summed E-state index contributed by atoms with van der Waals surface area (Å²) in [4.78, 5) is 13.8. The van der Waals surface area contributed by atoms with Crippen molar-refractivity contribution in [2.24, 2.45) is 0 Å². The molecule has 1 heterocycles. The SMILES string of the molecule is O=C(COc1c(F)c(F)cc(F)c1F)N(c1ccccc1)C1CCS(=O)(=O)C1.